The molecule has 0 saturated heterocycles. The zero-order chi connectivity index (χ0) is 11.5. The van der Waals surface area contributed by atoms with Crippen molar-refractivity contribution in [2.45, 2.75) is 19.9 Å². The lowest BCUT2D eigenvalue weighted by Gasteiger charge is -2.30. The number of hydrogen-bond acceptors (Lipinski definition) is 2. The van der Waals surface area contributed by atoms with E-state index < -0.39 is 0 Å². The van der Waals surface area contributed by atoms with Crippen LogP contribution >= 0.6 is 12.4 Å². The monoisotopic (exact) mass is 254 g/mol. The van der Waals surface area contributed by atoms with E-state index in [0.717, 1.165) is 19.5 Å². The molecule has 2 N–H and O–H groups in total. The quantitative estimate of drug-likeness (QED) is 0.871. The SMILES string of the molecule is CC(CN)C(=O)N1CCc2ccccc2C1.Cl. The van der Waals surface area contributed by atoms with Crippen molar-refractivity contribution >= 4 is 18.3 Å². The number of amides is 1. The van der Waals surface area contributed by atoms with E-state index >= 15 is 0 Å². The Morgan fingerprint density at radius 2 is 2.06 bits per heavy atom. The van der Waals surface area contributed by atoms with Crippen molar-refractivity contribution in [3.05, 3.63) is 35.4 Å². The van der Waals surface area contributed by atoms with Crippen molar-refractivity contribution in [1.82, 2.24) is 4.90 Å². The summed E-state index contributed by atoms with van der Waals surface area (Å²) in [5.74, 6) is 0.113. The lowest BCUT2D eigenvalue weighted by molar-refractivity contribution is -0.135. The molecule has 0 bridgehead atoms. The van der Waals surface area contributed by atoms with E-state index in [1.165, 1.54) is 11.1 Å². The highest BCUT2D eigenvalue weighted by Crippen LogP contribution is 2.19. The molecule has 1 heterocycles. The van der Waals surface area contributed by atoms with Crippen molar-refractivity contribution in [2.75, 3.05) is 13.1 Å². The zero-order valence-corrected chi connectivity index (χ0v) is 10.9. The number of nitrogens with zero attached hydrogens (tertiary/aromatic N) is 1. The van der Waals surface area contributed by atoms with Crippen molar-refractivity contribution < 1.29 is 4.79 Å². The van der Waals surface area contributed by atoms with Crippen LogP contribution in [-0.4, -0.2) is 23.9 Å². The first-order chi connectivity index (χ1) is 7.72. The second-order valence-electron chi connectivity index (χ2n) is 4.42. The molecule has 4 heteroatoms. The van der Waals surface area contributed by atoms with Gasteiger partial charge in [-0.2, -0.15) is 0 Å². The Balaban J connectivity index is 0.00000144. The average Bonchev–Trinajstić information content (AvgIpc) is 2.36. The Morgan fingerprint density at radius 3 is 2.71 bits per heavy atom. The first kappa shape index (κ1) is 14.0. The Morgan fingerprint density at radius 1 is 1.41 bits per heavy atom. The van der Waals surface area contributed by atoms with E-state index in [1.54, 1.807) is 0 Å². The normalized spacial score (nSPS) is 15.8. The summed E-state index contributed by atoms with van der Waals surface area (Å²) >= 11 is 0. The highest BCUT2D eigenvalue weighted by Gasteiger charge is 2.23. The first-order valence-corrected chi connectivity index (χ1v) is 5.78. The van der Waals surface area contributed by atoms with Crippen LogP contribution in [0, 0.1) is 5.92 Å². The van der Waals surface area contributed by atoms with Crippen LogP contribution in [-0.2, 0) is 17.8 Å². The number of nitrogens with two attached hydrogens (primary N) is 1. The molecule has 17 heavy (non-hydrogen) atoms. The van der Waals surface area contributed by atoms with Gasteiger partial charge in [-0.05, 0) is 17.5 Å². The highest BCUT2D eigenvalue weighted by atomic mass is 35.5. The van der Waals surface area contributed by atoms with Gasteiger partial charge < -0.3 is 10.6 Å². The molecule has 1 aliphatic heterocycles. The second kappa shape index (κ2) is 6.03. The summed E-state index contributed by atoms with van der Waals surface area (Å²) in [4.78, 5) is 13.9. The van der Waals surface area contributed by atoms with Gasteiger partial charge in [0.1, 0.15) is 0 Å². The van der Waals surface area contributed by atoms with Gasteiger partial charge in [-0.15, -0.1) is 12.4 Å². The van der Waals surface area contributed by atoms with Gasteiger partial charge in [0.15, 0.2) is 0 Å². The average molecular weight is 255 g/mol. The molecule has 0 aliphatic carbocycles. The predicted molar refractivity (Wildman–Crippen MR) is 71.0 cm³/mol. The summed E-state index contributed by atoms with van der Waals surface area (Å²) in [5, 5.41) is 0. The molecule has 0 saturated carbocycles. The lowest BCUT2D eigenvalue weighted by Crippen LogP contribution is -2.40. The Bertz CT molecular complexity index is 395. The summed E-state index contributed by atoms with van der Waals surface area (Å²) in [7, 11) is 0. The lowest BCUT2D eigenvalue weighted by atomic mass is 9.99. The maximum atomic E-state index is 12.0. The molecule has 2 rings (SSSR count). The molecule has 0 fully saturated rings. The molecule has 94 valence electrons. The van der Waals surface area contributed by atoms with Crippen molar-refractivity contribution in [2.24, 2.45) is 11.7 Å². The Kier molecular flexibility index (Phi) is 4.97. The van der Waals surface area contributed by atoms with Crippen molar-refractivity contribution in [3.8, 4) is 0 Å². The third-order valence-electron chi connectivity index (χ3n) is 3.22. The fourth-order valence-corrected chi connectivity index (χ4v) is 2.10. The summed E-state index contributed by atoms with van der Waals surface area (Å²) < 4.78 is 0. The minimum atomic E-state index is -0.0646. The van der Waals surface area contributed by atoms with Crippen molar-refractivity contribution in [1.29, 1.82) is 0 Å². The van der Waals surface area contributed by atoms with Crippen LogP contribution in [0.15, 0.2) is 24.3 Å². The van der Waals surface area contributed by atoms with E-state index in [0.29, 0.717) is 6.54 Å². The molecular formula is C13H19ClN2O. The maximum Gasteiger partial charge on any atom is 0.226 e. The van der Waals surface area contributed by atoms with Gasteiger partial charge in [0.2, 0.25) is 5.91 Å². The molecule has 1 atom stereocenters. The second-order valence-corrected chi connectivity index (χ2v) is 4.42. The molecular weight excluding hydrogens is 236 g/mol. The molecule has 0 spiro atoms. The van der Waals surface area contributed by atoms with Gasteiger partial charge >= 0.3 is 0 Å². The van der Waals surface area contributed by atoms with Crippen molar-refractivity contribution in [3.63, 3.8) is 0 Å². The molecule has 1 amide bonds. The fourth-order valence-electron chi connectivity index (χ4n) is 2.10. The fraction of sp³-hybridized carbons (Fsp3) is 0.462. The Hall–Kier alpha value is -1.06. The maximum absolute atomic E-state index is 12.0. The molecule has 0 radical (unpaired) electrons. The van der Waals surface area contributed by atoms with E-state index in [1.807, 2.05) is 17.9 Å². The summed E-state index contributed by atoms with van der Waals surface area (Å²) in [6, 6.07) is 8.32. The molecule has 0 aromatic heterocycles. The van der Waals surface area contributed by atoms with E-state index in [2.05, 4.69) is 18.2 Å². The van der Waals surface area contributed by atoms with Crippen LogP contribution in [0.5, 0.6) is 0 Å². The summed E-state index contributed by atoms with van der Waals surface area (Å²) in [5.41, 5.74) is 8.16. The van der Waals surface area contributed by atoms with Crippen LogP contribution in [0.3, 0.4) is 0 Å². The highest BCUT2D eigenvalue weighted by molar-refractivity contribution is 5.85. The minimum Gasteiger partial charge on any atom is -0.338 e. The number of halogens is 1. The molecule has 1 aliphatic rings. The number of carbonyl (C=O) groups excluding carboxylic acids is 1. The largest absolute Gasteiger partial charge is 0.338 e. The minimum absolute atomic E-state index is 0. The number of hydrogen-bond donors (Lipinski definition) is 1. The van der Waals surface area contributed by atoms with Gasteiger partial charge in [0.05, 0.1) is 0 Å². The number of carbonyl (C=O) groups is 1. The molecule has 1 aromatic carbocycles. The van der Waals surface area contributed by atoms with Crippen LogP contribution in [0.1, 0.15) is 18.1 Å². The topological polar surface area (TPSA) is 46.3 Å². The van der Waals surface area contributed by atoms with Gasteiger partial charge in [0, 0.05) is 25.6 Å². The zero-order valence-electron chi connectivity index (χ0n) is 10.1. The van der Waals surface area contributed by atoms with E-state index in [4.69, 9.17) is 5.73 Å². The predicted octanol–water partition coefficient (Wildman–Crippen LogP) is 1.59. The molecule has 3 nitrogen and oxygen atoms in total. The number of rotatable bonds is 2. The third-order valence-corrected chi connectivity index (χ3v) is 3.22. The van der Waals surface area contributed by atoms with Crippen LogP contribution in [0.4, 0.5) is 0 Å². The first-order valence-electron chi connectivity index (χ1n) is 5.78. The van der Waals surface area contributed by atoms with Gasteiger partial charge in [-0.3, -0.25) is 4.79 Å². The van der Waals surface area contributed by atoms with Gasteiger partial charge in [-0.25, -0.2) is 0 Å². The standard InChI is InChI=1S/C13H18N2O.ClH/c1-10(8-14)13(16)15-7-6-11-4-2-3-5-12(11)9-15;/h2-5,10H,6-9,14H2,1H3;1H. The van der Waals surface area contributed by atoms with Crippen LogP contribution < -0.4 is 5.73 Å². The van der Waals surface area contributed by atoms with Crippen LogP contribution in [0.2, 0.25) is 0 Å². The number of fused-ring (bicyclic) bond motifs is 1. The summed E-state index contributed by atoms with van der Waals surface area (Å²) in [6.07, 6.45) is 0.958. The Labute approximate surface area is 108 Å². The summed E-state index contributed by atoms with van der Waals surface area (Å²) in [6.45, 7) is 3.87. The van der Waals surface area contributed by atoms with E-state index in [-0.39, 0.29) is 24.2 Å². The molecule has 1 unspecified atom stereocenters. The third kappa shape index (κ3) is 2.99. The van der Waals surface area contributed by atoms with Crippen LogP contribution in [0.25, 0.3) is 0 Å². The van der Waals surface area contributed by atoms with Gasteiger partial charge in [-0.1, -0.05) is 31.2 Å². The smallest absolute Gasteiger partial charge is 0.226 e. The number of benzene rings is 1. The van der Waals surface area contributed by atoms with E-state index in [9.17, 15) is 4.79 Å². The van der Waals surface area contributed by atoms with Gasteiger partial charge in [0.25, 0.3) is 0 Å². The molecule has 1 aromatic rings.